The fourth-order valence-corrected chi connectivity index (χ4v) is 3.42. The van der Waals surface area contributed by atoms with Crippen LogP contribution in [0.3, 0.4) is 0 Å². The van der Waals surface area contributed by atoms with Gasteiger partial charge in [-0.3, -0.25) is 0 Å². The maximum absolute atomic E-state index is 12.0. The second-order valence-corrected chi connectivity index (χ2v) is 7.49. The molecular formula is C19H25N2O2Y-. The van der Waals surface area contributed by atoms with Crippen LogP contribution in [0.5, 0.6) is 0 Å². The number of aryl methyl sites for hydroxylation is 2. The van der Waals surface area contributed by atoms with Gasteiger partial charge in [0.25, 0.3) is 0 Å². The number of alkyl carbamates (subject to hydrolysis) is 1. The van der Waals surface area contributed by atoms with Gasteiger partial charge >= 0.3 is 6.09 Å². The van der Waals surface area contributed by atoms with Crippen LogP contribution in [0.15, 0.2) is 12.1 Å². The summed E-state index contributed by atoms with van der Waals surface area (Å²) in [6.45, 7) is 7.72. The zero-order valence-corrected chi connectivity index (χ0v) is 18.0. The summed E-state index contributed by atoms with van der Waals surface area (Å²) in [6.07, 6.45) is 2.45. The van der Waals surface area contributed by atoms with Gasteiger partial charge in [-0.15, -0.1) is 5.39 Å². The summed E-state index contributed by atoms with van der Waals surface area (Å²) in [5, 5.41) is 4.31. The van der Waals surface area contributed by atoms with Crippen LogP contribution in [-0.4, -0.2) is 22.3 Å². The van der Waals surface area contributed by atoms with Crippen molar-refractivity contribution in [1.82, 2.24) is 9.88 Å². The molecule has 1 aromatic carbocycles. The molecule has 2 aromatic rings. The first-order chi connectivity index (χ1) is 10.7. The van der Waals surface area contributed by atoms with Crippen LogP contribution in [0.4, 0.5) is 4.79 Å². The Kier molecular flexibility index (Phi) is 5.81. The van der Waals surface area contributed by atoms with Gasteiger partial charge in [0, 0.05) is 44.4 Å². The first-order valence-electron chi connectivity index (χ1n) is 8.22. The van der Waals surface area contributed by atoms with Crippen molar-refractivity contribution < 1.29 is 42.2 Å². The third-order valence-corrected chi connectivity index (χ3v) is 4.41. The van der Waals surface area contributed by atoms with E-state index in [1.54, 1.807) is 0 Å². The van der Waals surface area contributed by atoms with Gasteiger partial charge in [0.1, 0.15) is 5.60 Å². The molecular weight excluding hydrogens is 377 g/mol. The monoisotopic (exact) mass is 402 g/mol. The topological polar surface area (TPSA) is 43.3 Å². The molecule has 1 heterocycles. The number of nitrogens with zero attached hydrogens (tertiary/aromatic N) is 1. The number of rotatable bonds is 1. The molecule has 1 aromatic heterocycles. The van der Waals surface area contributed by atoms with E-state index >= 15 is 0 Å². The van der Waals surface area contributed by atoms with Crippen molar-refractivity contribution in [3.05, 3.63) is 35.0 Å². The maximum Gasteiger partial charge on any atom is 0.407 e. The van der Waals surface area contributed by atoms with Crippen LogP contribution in [0, 0.1) is 13.0 Å². The number of hydrogen-bond acceptors (Lipinski definition) is 2. The molecule has 127 valence electrons. The summed E-state index contributed by atoms with van der Waals surface area (Å²) in [7, 11) is 2.12. The summed E-state index contributed by atoms with van der Waals surface area (Å²) < 4.78 is 7.65. The molecule has 1 aliphatic rings. The third-order valence-electron chi connectivity index (χ3n) is 4.41. The molecule has 0 aliphatic heterocycles. The van der Waals surface area contributed by atoms with Crippen LogP contribution in [0.1, 0.15) is 44.0 Å². The zero-order chi connectivity index (χ0) is 16.8. The second-order valence-electron chi connectivity index (χ2n) is 7.49. The van der Waals surface area contributed by atoms with Crippen LogP contribution in [0.25, 0.3) is 10.9 Å². The van der Waals surface area contributed by atoms with Crippen molar-refractivity contribution in [2.75, 3.05) is 0 Å². The Bertz CT molecular complexity index is 759. The van der Waals surface area contributed by atoms with Crippen LogP contribution < -0.4 is 5.32 Å². The Hall–Kier alpha value is -0.866. The predicted octanol–water partition coefficient (Wildman–Crippen LogP) is 3.67. The standard InChI is InChI=1S/C19H25N2O2.Y/c1-12-6-8-16-14(10-12)15-11-13(7-9-17(15)21(16)5)20-18(22)23-19(2,3)4;/h8,10,13H,7,9,11H2,1-5H3,(H,20,22);/q-1;. The Morgan fingerprint density at radius 1 is 1.42 bits per heavy atom. The Balaban J connectivity index is 0.00000208. The molecule has 1 amide bonds. The van der Waals surface area contributed by atoms with E-state index in [0.717, 1.165) is 24.8 Å². The number of amides is 1. The molecule has 0 bridgehead atoms. The molecule has 0 spiro atoms. The SMILES string of the molecule is Cc1[c-]cc2c(c1)c1c(n2C)CCC(NC(=O)OC(C)(C)C)C1.[Y]. The van der Waals surface area contributed by atoms with E-state index in [9.17, 15) is 4.79 Å². The molecule has 1 aliphatic carbocycles. The van der Waals surface area contributed by atoms with E-state index in [4.69, 9.17) is 4.74 Å². The van der Waals surface area contributed by atoms with E-state index in [2.05, 4.69) is 42.1 Å². The van der Waals surface area contributed by atoms with Crippen molar-refractivity contribution in [3.63, 3.8) is 0 Å². The predicted molar refractivity (Wildman–Crippen MR) is 91.7 cm³/mol. The normalized spacial score (nSPS) is 17.1. The van der Waals surface area contributed by atoms with Crippen molar-refractivity contribution >= 4 is 17.0 Å². The fourth-order valence-electron chi connectivity index (χ4n) is 3.42. The Morgan fingerprint density at radius 3 is 2.79 bits per heavy atom. The summed E-state index contributed by atoms with van der Waals surface area (Å²) >= 11 is 0. The van der Waals surface area contributed by atoms with E-state index < -0.39 is 5.60 Å². The minimum absolute atomic E-state index is 0. The fraction of sp³-hybridized carbons (Fsp3) is 0.526. The van der Waals surface area contributed by atoms with Gasteiger partial charge in [0.2, 0.25) is 0 Å². The van der Waals surface area contributed by atoms with Crippen molar-refractivity contribution in [1.29, 1.82) is 0 Å². The number of hydrogen-bond donors (Lipinski definition) is 1. The van der Waals surface area contributed by atoms with Crippen molar-refractivity contribution in [2.45, 2.75) is 58.6 Å². The van der Waals surface area contributed by atoms with Gasteiger partial charge in [0.15, 0.2) is 0 Å². The molecule has 0 saturated heterocycles. The minimum Gasteiger partial charge on any atom is -0.444 e. The quantitative estimate of drug-likeness (QED) is 0.740. The van der Waals surface area contributed by atoms with E-state index in [-0.39, 0.29) is 44.8 Å². The number of nitrogens with one attached hydrogen (secondary N) is 1. The number of carbonyl (C=O) groups is 1. The van der Waals surface area contributed by atoms with Gasteiger partial charge in [-0.25, -0.2) is 4.79 Å². The smallest absolute Gasteiger partial charge is 0.407 e. The molecule has 5 heteroatoms. The van der Waals surface area contributed by atoms with Crippen LogP contribution in [-0.2, 0) is 57.3 Å². The second kappa shape index (κ2) is 7.17. The molecule has 24 heavy (non-hydrogen) atoms. The molecule has 1 radical (unpaired) electrons. The van der Waals surface area contributed by atoms with Crippen LogP contribution in [0.2, 0.25) is 0 Å². The average molecular weight is 402 g/mol. The number of fused-ring (bicyclic) bond motifs is 3. The molecule has 1 N–H and O–H groups in total. The molecule has 1 unspecified atom stereocenters. The van der Waals surface area contributed by atoms with E-state index in [1.807, 2.05) is 20.8 Å². The molecule has 4 nitrogen and oxygen atoms in total. The van der Waals surface area contributed by atoms with Gasteiger partial charge in [0.05, 0.1) is 0 Å². The van der Waals surface area contributed by atoms with Crippen LogP contribution >= 0.6 is 0 Å². The van der Waals surface area contributed by atoms with Crippen molar-refractivity contribution in [3.8, 4) is 0 Å². The summed E-state index contributed by atoms with van der Waals surface area (Å²) in [5.41, 5.74) is 4.64. The number of carbonyl (C=O) groups excluding carboxylic acids is 1. The van der Waals surface area contributed by atoms with E-state index in [0.29, 0.717) is 0 Å². The van der Waals surface area contributed by atoms with Crippen molar-refractivity contribution in [2.24, 2.45) is 7.05 Å². The summed E-state index contributed by atoms with van der Waals surface area (Å²) in [5.74, 6) is 0. The Labute approximate surface area is 169 Å². The minimum atomic E-state index is -0.462. The third kappa shape index (κ3) is 4.03. The molecule has 1 atom stereocenters. The average Bonchev–Trinajstić information content (AvgIpc) is 2.69. The number of ether oxygens (including phenoxy) is 1. The van der Waals surface area contributed by atoms with Gasteiger partial charge in [-0.05, 0) is 52.6 Å². The number of aromatic nitrogens is 1. The van der Waals surface area contributed by atoms with Gasteiger partial charge in [-0.1, -0.05) is 12.4 Å². The molecule has 0 saturated carbocycles. The zero-order valence-electron chi connectivity index (χ0n) is 15.2. The molecule has 0 fully saturated rings. The summed E-state index contributed by atoms with van der Waals surface area (Å²) in [4.78, 5) is 12.0. The maximum atomic E-state index is 12.0. The van der Waals surface area contributed by atoms with Gasteiger partial charge < -0.3 is 14.6 Å². The Morgan fingerprint density at radius 2 is 2.12 bits per heavy atom. The number of benzene rings is 1. The first-order valence-corrected chi connectivity index (χ1v) is 8.22. The molecule has 3 rings (SSSR count). The van der Waals surface area contributed by atoms with E-state index in [1.165, 1.54) is 22.2 Å². The van der Waals surface area contributed by atoms with Gasteiger partial charge in [-0.2, -0.15) is 23.8 Å². The summed E-state index contributed by atoms with van der Waals surface area (Å²) in [6, 6.07) is 7.68. The largest absolute Gasteiger partial charge is 0.444 e. The first kappa shape index (κ1) is 19.5.